The van der Waals surface area contributed by atoms with Crippen molar-refractivity contribution in [3.05, 3.63) is 53.2 Å². The number of hydrogen-bond acceptors (Lipinski definition) is 10. The first-order chi connectivity index (χ1) is 18.0. The molecule has 10 nitrogen and oxygen atoms in total. The van der Waals surface area contributed by atoms with Gasteiger partial charge in [-0.15, -0.1) is 22.0 Å². The van der Waals surface area contributed by atoms with Crippen LogP contribution in [0.5, 0.6) is 0 Å². The van der Waals surface area contributed by atoms with Gasteiger partial charge in [0, 0.05) is 5.25 Å². The molecule has 3 amide bonds. The van der Waals surface area contributed by atoms with Crippen molar-refractivity contribution in [3.8, 4) is 0 Å². The van der Waals surface area contributed by atoms with Crippen LogP contribution in [-0.2, 0) is 23.9 Å². The van der Waals surface area contributed by atoms with Crippen molar-refractivity contribution < 1.29 is 23.9 Å². The van der Waals surface area contributed by atoms with Crippen LogP contribution in [0.1, 0.15) is 18.5 Å². The molecule has 2 aromatic rings. The number of benzene rings is 1. The largest absolute Gasteiger partial charge is 0.456 e. The summed E-state index contributed by atoms with van der Waals surface area (Å²) in [5.41, 5.74) is 2.13. The lowest BCUT2D eigenvalue weighted by Crippen LogP contribution is -2.71. The first-order valence-corrected chi connectivity index (χ1v) is 15.0. The van der Waals surface area contributed by atoms with Gasteiger partial charge >= 0.3 is 5.97 Å². The van der Waals surface area contributed by atoms with E-state index in [9.17, 15) is 19.2 Å². The predicted octanol–water partition coefficient (Wildman–Crippen LogP) is 3.07. The lowest BCUT2D eigenvalue weighted by molar-refractivity contribution is -0.153. The van der Waals surface area contributed by atoms with Gasteiger partial charge in [-0.05, 0) is 18.6 Å². The van der Waals surface area contributed by atoms with E-state index in [1.807, 2.05) is 6.92 Å². The highest BCUT2D eigenvalue weighted by Gasteiger charge is 2.54. The maximum atomic E-state index is 13.4. The smallest absolute Gasteiger partial charge is 0.354 e. The van der Waals surface area contributed by atoms with Crippen molar-refractivity contribution >= 4 is 93.4 Å². The van der Waals surface area contributed by atoms with Crippen LogP contribution in [0.4, 0.5) is 0 Å². The van der Waals surface area contributed by atoms with Crippen LogP contribution in [0.15, 0.2) is 52.0 Å². The Hall–Kier alpha value is -2.03. The molecule has 202 valence electrons. The molecule has 3 heterocycles. The third-order valence-electron chi connectivity index (χ3n) is 5.29. The molecule has 0 bridgehead atoms. The number of thioether (sulfide) groups is 2. The van der Waals surface area contributed by atoms with Crippen LogP contribution < -0.4 is 10.6 Å². The summed E-state index contributed by atoms with van der Waals surface area (Å²) in [5, 5.41) is 12.4. The molecule has 0 radical (unpaired) electrons. The summed E-state index contributed by atoms with van der Waals surface area (Å²) in [6, 6.07) is 6.72. The molecule has 4 atom stereocenters. The van der Waals surface area contributed by atoms with Crippen molar-refractivity contribution in [1.82, 2.24) is 25.7 Å². The number of ether oxygens (including phenoxy) is 1. The van der Waals surface area contributed by atoms with Gasteiger partial charge in [-0.25, -0.2) is 4.79 Å². The standard InChI is InChI=1S/C22H20Cl3N5O5S3/c1-11-7-13(20(34)35-9-22(23,24)25)30-18(33)16(19(30)38-11)28-17(32)15(12-5-3-2-4-6-12)27-14(31)8-36-21-29-26-10-37-21/h2-7,10-11,15-16,19H,8-9H2,1H3,(H,27,31)(H,28,32)/t11?,15?,16?,19-/m1/s1. The lowest BCUT2D eigenvalue weighted by Gasteiger charge is -2.50. The first kappa shape index (κ1) is 29.0. The zero-order valence-electron chi connectivity index (χ0n) is 19.5. The Kier molecular flexibility index (Phi) is 9.48. The van der Waals surface area contributed by atoms with E-state index >= 15 is 0 Å². The number of hydrogen-bond donors (Lipinski definition) is 2. The van der Waals surface area contributed by atoms with Gasteiger partial charge in [-0.3, -0.25) is 19.3 Å². The van der Waals surface area contributed by atoms with Crippen LogP contribution in [0.3, 0.4) is 0 Å². The number of aromatic nitrogens is 2. The van der Waals surface area contributed by atoms with E-state index in [2.05, 4.69) is 20.8 Å². The van der Waals surface area contributed by atoms with Crippen LogP contribution in [-0.4, -0.2) is 71.6 Å². The molecule has 4 rings (SSSR count). The van der Waals surface area contributed by atoms with Crippen LogP contribution in [0, 0.1) is 0 Å². The zero-order chi connectivity index (χ0) is 27.4. The minimum atomic E-state index is -1.80. The average molecular weight is 637 g/mol. The summed E-state index contributed by atoms with van der Waals surface area (Å²) in [7, 11) is 0. The van der Waals surface area contributed by atoms with Gasteiger partial charge in [0.2, 0.25) is 15.6 Å². The highest BCUT2D eigenvalue weighted by Crippen LogP contribution is 2.41. The van der Waals surface area contributed by atoms with E-state index in [4.69, 9.17) is 39.5 Å². The topological polar surface area (TPSA) is 131 Å². The Bertz CT molecular complexity index is 1230. The number of rotatable bonds is 9. The predicted molar refractivity (Wildman–Crippen MR) is 147 cm³/mol. The van der Waals surface area contributed by atoms with Gasteiger partial charge in [0.25, 0.3) is 5.91 Å². The maximum absolute atomic E-state index is 13.4. The second-order valence-corrected chi connectivity index (χ2v) is 14.1. The third-order valence-corrected chi connectivity index (χ3v) is 8.81. The summed E-state index contributed by atoms with van der Waals surface area (Å²) < 4.78 is 3.88. The number of carbonyl (C=O) groups is 4. The second kappa shape index (κ2) is 12.4. The number of esters is 1. The van der Waals surface area contributed by atoms with Crippen molar-refractivity contribution in [3.63, 3.8) is 0 Å². The van der Waals surface area contributed by atoms with E-state index in [0.717, 1.165) is 0 Å². The van der Waals surface area contributed by atoms with Crippen molar-refractivity contribution in [2.75, 3.05) is 12.4 Å². The Morgan fingerprint density at radius 3 is 2.63 bits per heavy atom. The second-order valence-electron chi connectivity index (χ2n) is 8.07. The number of carbonyl (C=O) groups excluding carboxylic acids is 4. The molecule has 1 aromatic carbocycles. The zero-order valence-corrected chi connectivity index (χ0v) is 24.2. The van der Waals surface area contributed by atoms with Crippen molar-refractivity contribution in [2.24, 2.45) is 0 Å². The fourth-order valence-corrected chi connectivity index (χ4v) is 6.47. The van der Waals surface area contributed by atoms with Gasteiger partial charge < -0.3 is 15.4 Å². The van der Waals surface area contributed by atoms with Crippen molar-refractivity contribution in [1.29, 1.82) is 0 Å². The number of fused-ring (bicyclic) bond motifs is 1. The third kappa shape index (κ3) is 7.13. The summed E-state index contributed by atoms with van der Waals surface area (Å²) in [6.07, 6.45) is 1.58. The van der Waals surface area contributed by atoms with Crippen LogP contribution >= 0.6 is 69.7 Å². The summed E-state index contributed by atoms with van der Waals surface area (Å²) >= 11 is 20.9. The number of amides is 3. The van der Waals surface area contributed by atoms with Gasteiger partial charge in [0.05, 0.1) is 5.75 Å². The number of nitrogens with one attached hydrogen (secondary N) is 2. The number of β-lactam (4-membered cyclic amide) rings is 1. The molecule has 16 heteroatoms. The molecule has 0 saturated carbocycles. The molecular formula is C22H20Cl3N5O5S3. The van der Waals surface area contributed by atoms with Gasteiger partial charge in [-0.1, -0.05) is 88.2 Å². The minimum absolute atomic E-state index is 0.0209. The van der Waals surface area contributed by atoms with Crippen LogP contribution in [0.2, 0.25) is 0 Å². The fourth-order valence-electron chi connectivity index (χ4n) is 3.68. The number of alkyl halides is 3. The Balaban J connectivity index is 1.43. The molecule has 2 aliphatic heterocycles. The van der Waals surface area contributed by atoms with E-state index in [-0.39, 0.29) is 16.7 Å². The summed E-state index contributed by atoms with van der Waals surface area (Å²) in [5.74, 6) is -2.23. The van der Waals surface area contributed by atoms with Gasteiger partial charge in [0.15, 0.2) is 4.34 Å². The molecular weight excluding hydrogens is 617 g/mol. The Morgan fingerprint density at radius 1 is 1.24 bits per heavy atom. The van der Waals surface area contributed by atoms with E-state index in [0.29, 0.717) is 9.90 Å². The molecule has 1 fully saturated rings. The van der Waals surface area contributed by atoms with Crippen molar-refractivity contribution in [2.45, 2.75) is 37.8 Å². The fraction of sp³-hybridized carbons (Fsp3) is 0.364. The van der Waals surface area contributed by atoms with E-state index in [1.54, 1.807) is 41.9 Å². The maximum Gasteiger partial charge on any atom is 0.354 e. The Morgan fingerprint density at radius 2 is 1.97 bits per heavy atom. The molecule has 38 heavy (non-hydrogen) atoms. The van der Waals surface area contributed by atoms with Gasteiger partial charge in [0.1, 0.15) is 35.3 Å². The molecule has 2 aliphatic rings. The number of halogens is 3. The SMILES string of the molecule is CC1C=C(C(=O)OCC(Cl)(Cl)Cl)N2C(=O)C(NC(=O)C(NC(=O)CSc3nncs3)c3ccccc3)[C@H]2S1. The molecule has 1 saturated heterocycles. The van der Waals surface area contributed by atoms with Gasteiger partial charge in [-0.2, -0.15) is 0 Å². The number of nitrogens with zero attached hydrogens (tertiary/aromatic N) is 3. The molecule has 2 N–H and O–H groups in total. The average Bonchev–Trinajstić information content (AvgIpc) is 3.41. The molecule has 3 unspecified atom stereocenters. The first-order valence-electron chi connectivity index (χ1n) is 11.0. The highest BCUT2D eigenvalue weighted by atomic mass is 35.6. The van der Waals surface area contributed by atoms with E-state index in [1.165, 1.54) is 39.8 Å². The molecule has 0 aliphatic carbocycles. The quantitative estimate of drug-likeness (QED) is 0.185. The van der Waals surface area contributed by atoms with E-state index < -0.39 is 51.5 Å². The Labute approximate surface area is 245 Å². The molecule has 0 spiro atoms. The minimum Gasteiger partial charge on any atom is -0.456 e. The monoisotopic (exact) mass is 635 g/mol. The van der Waals surface area contributed by atoms with Crippen LogP contribution in [0.25, 0.3) is 0 Å². The highest BCUT2D eigenvalue weighted by molar-refractivity contribution is 8.01. The molecule has 1 aromatic heterocycles. The normalized spacial score (nSPS) is 21.5. The summed E-state index contributed by atoms with van der Waals surface area (Å²) in [4.78, 5) is 52.9. The lowest BCUT2D eigenvalue weighted by atomic mass is 10.0. The summed E-state index contributed by atoms with van der Waals surface area (Å²) in [6.45, 7) is 1.35.